The number of rotatable bonds is 0. The van der Waals surface area contributed by atoms with Crippen LogP contribution in [0.3, 0.4) is 0 Å². The standard InChI is InChI=1S/C8H3BrClN3/c9-6-3-5(4-11)7(10)13-2-1-12-8(6)13/h1-3H. The maximum atomic E-state index is 8.75. The summed E-state index contributed by atoms with van der Waals surface area (Å²) < 4.78 is 2.42. The van der Waals surface area contributed by atoms with Crippen molar-refractivity contribution in [2.24, 2.45) is 0 Å². The molecule has 0 saturated heterocycles. The number of halogens is 2. The van der Waals surface area contributed by atoms with Gasteiger partial charge in [0, 0.05) is 12.4 Å². The summed E-state index contributed by atoms with van der Waals surface area (Å²) in [6, 6.07) is 3.66. The maximum absolute atomic E-state index is 8.75. The molecule has 64 valence electrons. The summed E-state index contributed by atoms with van der Waals surface area (Å²) in [7, 11) is 0. The molecule has 0 aliphatic heterocycles. The van der Waals surface area contributed by atoms with Gasteiger partial charge in [0.1, 0.15) is 11.2 Å². The zero-order valence-corrected chi connectivity index (χ0v) is 8.67. The first-order chi connectivity index (χ1) is 6.24. The Morgan fingerprint density at radius 1 is 1.62 bits per heavy atom. The second kappa shape index (κ2) is 3.02. The number of nitriles is 1. The molecule has 0 saturated carbocycles. The van der Waals surface area contributed by atoms with E-state index in [1.807, 2.05) is 6.07 Å². The zero-order valence-electron chi connectivity index (χ0n) is 6.33. The molecular formula is C8H3BrClN3. The van der Waals surface area contributed by atoms with E-state index in [0.29, 0.717) is 16.4 Å². The summed E-state index contributed by atoms with van der Waals surface area (Å²) in [6.07, 6.45) is 3.34. The Bertz CT molecular complexity index is 512. The first-order valence-corrected chi connectivity index (χ1v) is 4.62. The lowest BCUT2D eigenvalue weighted by atomic mass is 10.3. The largest absolute Gasteiger partial charge is 0.288 e. The third-order valence-corrected chi connectivity index (χ3v) is 2.65. The molecule has 0 spiro atoms. The van der Waals surface area contributed by atoms with Crippen LogP contribution in [0.5, 0.6) is 0 Å². The van der Waals surface area contributed by atoms with Crippen molar-refractivity contribution in [3.8, 4) is 6.07 Å². The first kappa shape index (κ1) is 8.54. The summed E-state index contributed by atoms with van der Waals surface area (Å²) in [5, 5.41) is 9.14. The van der Waals surface area contributed by atoms with Gasteiger partial charge in [-0.15, -0.1) is 0 Å². The van der Waals surface area contributed by atoms with E-state index in [9.17, 15) is 0 Å². The number of aromatic nitrogens is 2. The molecule has 0 aliphatic carbocycles. The van der Waals surface area contributed by atoms with Gasteiger partial charge in [0.05, 0.1) is 10.0 Å². The van der Waals surface area contributed by atoms with Crippen molar-refractivity contribution >= 4 is 33.2 Å². The lowest BCUT2D eigenvalue weighted by Crippen LogP contribution is -1.90. The smallest absolute Gasteiger partial charge is 0.152 e. The van der Waals surface area contributed by atoms with Crippen LogP contribution >= 0.6 is 27.5 Å². The summed E-state index contributed by atoms with van der Waals surface area (Å²) >= 11 is 9.24. The first-order valence-electron chi connectivity index (χ1n) is 3.45. The van der Waals surface area contributed by atoms with Gasteiger partial charge in [-0.2, -0.15) is 5.26 Å². The van der Waals surface area contributed by atoms with Crippen LogP contribution < -0.4 is 0 Å². The van der Waals surface area contributed by atoms with Crippen molar-refractivity contribution in [2.45, 2.75) is 0 Å². The third kappa shape index (κ3) is 1.21. The topological polar surface area (TPSA) is 41.1 Å². The maximum Gasteiger partial charge on any atom is 0.152 e. The molecule has 13 heavy (non-hydrogen) atoms. The van der Waals surface area contributed by atoms with Crippen molar-refractivity contribution in [3.05, 3.63) is 33.6 Å². The molecule has 0 unspecified atom stereocenters. The minimum absolute atomic E-state index is 0.387. The summed E-state index contributed by atoms with van der Waals surface area (Å²) in [5.41, 5.74) is 1.14. The quantitative estimate of drug-likeness (QED) is 0.680. The molecular weight excluding hydrogens is 253 g/mol. The van der Waals surface area contributed by atoms with Crippen LogP contribution in [0.4, 0.5) is 0 Å². The molecule has 0 radical (unpaired) electrons. The van der Waals surface area contributed by atoms with E-state index in [0.717, 1.165) is 4.47 Å². The van der Waals surface area contributed by atoms with Gasteiger partial charge >= 0.3 is 0 Å². The van der Waals surface area contributed by atoms with E-state index in [2.05, 4.69) is 20.9 Å². The number of pyridine rings is 1. The van der Waals surface area contributed by atoms with Crippen molar-refractivity contribution in [1.29, 1.82) is 5.26 Å². The Morgan fingerprint density at radius 2 is 2.38 bits per heavy atom. The molecule has 0 bridgehead atoms. The lowest BCUT2D eigenvalue weighted by molar-refractivity contribution is 1.17. The Balaban J connectivity index is 2.95. The average molecular weight is 256 g/mol. The number of imidazole rings is 1. The minimum atomic E-state index is 0.387. The van der Waals surface area contributed by atoms with E-state index >= 15 is 0 Å². The van der Waals surface area contributed by atoms with E-state index in [1.54, 1.807) is 22.9 Å². The van der Waals surface area contributed by atoms with E-state index in [1.165, 1.54) is 0 Å². The van der Waals surface area contributed by atoms with Crippen molar-refractivity contribution < 1.29 is 0 Å². The minimum Gasteiger partial charge on any atom is -0.288 e. The van der Waals surface area contributed by atoms with E-state index < -0.39 is 0 Å². The van der Waals surface area contributed by atoms with Crippen molar-refractivity contribution in [1.82, 2.24) is 9.38 Å². The van der Waals surface area contributed by atoms with Crippen LogP contribution in [-0.4, -0.2) is 9.38 Å². The Kier molecular flexibility index (Phi) is 1.98. The highest BCUT2D eigenvalue weighted by Gasteiger charge is 2.08. The molecule has 0 fully saturated rings. The summed E-state index contributed by atoms with van der Waals surface area (Å²) in [4.78, 5) is 4.08. The average Bonchev–Trinajstić information content (AvgIpc) is 2.60. The van der Waals surface area contributed by atoms with Gasteiger partial charge in [0.25, 0.3) is 0 Å². The molecule has 0 aliphatic rings. The highest BCUT2D eigenvalue weighted by Crippen LogP contribution is 2.24. The monoisotopic (exact) mass is 255 g/mol. The molecule has 0 N–H and O–H groups in total. The van der Waals surface area contributed by atoms with Gasteiger partial charge in [-0.05, 0) is 22.0 Å². The third-order valence-electron chi connectivity index (χ3n) is 1.68. The molecule has 0 aromatic carbocycles. The Morgan fingerprint density at radius 3 is 3.08 bits per heavy atom. The molecule has 3 nitrogen and oxygen atoms in total. The van der Waals surface area contributed by atoms with Crippen molar-refractivity contribution in [3.63, 3.8) is 0 Å². The van der Waals surface area contributed by atoms with Gasteiger partial charge in [-0.3, -0.25) is 4.40 Å². The van der Waals surface area contributed by atoms with Crippen LogP contribution in [0.2, 0.25) is 5.15 Å². The van der Waals surface area contributed by atoms with Crippen LogP contribution in [0.1, 0.15) is 5.56 Å². The highest BCUT2D eigenvalue weighted by atomic mass is 79.9. The SMILES string of the molecule is N#Cc1cc(Br)c2nccn2c1Cl. The lowest BCUT2D eigenvalue weighted by Gasteiger charge is -2.01. The van der Waals surface area contributed by atoms with Gasteiger partial charge < -0.3 is 0 Å². The number of hydrogen-bond donors (Lipinski definition) is 0. The van der Waals surface area contributed by atoms with Crippen molar-refractivity contribution in [2.75, 3.05) is 0 Å². The van der Waals surface area contributed by atoms with Crippen LogP contribution in [0, 0.1) is 11.3 Å². The van der Waals surface area contributed by atoms with Gasteiger partial charge in [0.15, 0.2) is 5.65 Å². The van der Waals surface area contributed by atoms with E-state index in [-0.39, 0.29) is 0 Å². The molecule has 2 heterocycles. The molecule has 2 aromatic heterocycles. The van der Waals surface area contributed by atoms with E-state index in [4.69, 9.17) is 16.9 Å². The summed E-state index contributed by atoms with van der Waals surface area (Å²) in [5.74, 6) is 0. The fraction of sp³-hybridized carbons (Fsp3) is 0. The van der Waals surface area contributed by atoms with Gasteiger partial charge in [-0.1, -0.05) is 11.6 Å². The Labute approximate surface area is 87.7 Å². The predicted octanol–water partition coefficient (Wildman–Crippen LogP) is 2.62. The summed E-state index contributed by atoms with van der Waals surface area (Å²) in [6.45, 7) is 0. The van der Waals surface area contributed by atoms with Crippen LogP contribution in [0.15, 0.2) is 22.9 Å². The second-order valence-corrected chi connectivity index (χ2v) is 3.64. The van der Waals surface area contributed by atoms with Crippen LogP contribution in [0.25, 0.3) is 5.65 Å². The molecule has 0 atom stereocenters. The number of fused-ring (bicyclic) bond motifs is 1. The Hall–Kier alpha value is -1.05. The second-order valence-electron chi connectivity index (χ2n) is 2.43. The fourth-order valence-corrected chi connectivity index (χ4v) is 1.85. The number of hydrogen-bond acceptors (Lipinski definition) is 2. The highest BCUT2D eigenvalue weighted by molar-refractivity contribution is 9.10. The number of nitrogens with zero attached hydrogens (tertiary/aromatic N) is 3. The van der Waals surface area contributed by atoms with Gasteiger partial charge in [-0.25, -0.2) is 4.98 Å². The van der Waals surface area contributed by atoms with Crippen LogP contribution in [-0.2, 0) is 0 Å². The predicted molar refractivity (Wildman–Crippen MR) is 52.6 cm³/mol. The molecule has 5 heteroatoms. The molecule has 2 rings (SSSR count). The van der Waals surface area contributed by atoms with Gasteiger partial charge in [0.2, 0.25) is 0 Å². The fourth-order valence-electron chi connectivity index (χ4n) is 1.10. The molecule has 0 amide bonds. The normalized spacial score (nSPS) is 10.2. The molecule has 2 aromatic rings. The zero-order chi connectivity index (χ0) is 9.42.